The quantitative estimate of drug-likeness (QED) is 0.571. The van der Waals surface area contributed by atoms with Gasteiger partial charge in [0.1, 0.15) is 5.75 Å². The van der Waals surface area contributed by atoms with Crippen LogP contribution in [0.15, 0.2) is 18.3 Å². The molecule has 0 spiro atoms. The molecule has 1 aromatic heterocycles. The van der Waals surface area contributed by atoms with E-state index in [9.17, 15) is 14.7 Å². The van der Waals surface area contributed by atoms with E-state index in [1.54, 1.807) is 20.0 Å². The summed E-state index contributed by atoms with van der Waals surface area (Å²) in [5.74, 6) is -0.200. The van der Waals surface area contributed by atoms with Crippen molar-refractivity contribution in [1.82, 2.24) is 10.3 Å². The van der Waals surface area contributed by atoms with Crippen molar-refractivity contribution in [1.29, 1.82) is 0 Å². The number of rotatable bonds is 8. The molecule has 1 saturated carbocycles. The van der Waals surface area contributed by atoms with Crippen molar-refractivity contribution in [2.75, 3.05) is 0 Å². The van der Waals surface area contributed by atoms with Crippen LogP contribution in [0.2, 0.25) is 0 Å². The fraction of sp³-hybridized carbons (Fsp3) is 0.708. The number of cyclic esters (lactones) is 1. The zero-order chi connectivity index (χ0) is 23.5. The third kappa shape index (κ3) is 5.91. The SMILES string of the molecule is CC(C)C[C@H](NC(=O)O)[C@]1(Cc2cc(O[C@H]3CC[C@H](C)CC3)ccn2)OC(C)(C)OC1=O. The summed E-state index contributed by atoms with van der Waals surface area (Å²) in [5.41, 5.74) is -0.930. The minimum atomic E-state index is -1.52. The molecule has 2 N–H and O–H groups in total. The molecule has 0 radical (unpaired) electrons. The minimum absolute atomic E-state index is 0.0752. The Morgan fingerprint density at radius 3 is 2.56 bits per heavy atom. The molecule has 32 heavy (non-hydrogen) atoms. The van der Waals surface area contributed by atoms with Gasteiger partial charge in [-0.3, -0.25) is 4.98 Å². The lowest BCUT2D eigenvalue weighted by Crippen LogP contribution is -2.58. The first-order chi connectivity index (χ1) is 15.0. The van der Waals surface area contributed by atoms with Crippen molar-refractivity contribution in [2.45, 2.75) is 96.7 Å². The molecule has 2 fully saturated rings. The molecule has 1 aromatic rings. The molecule has 0 unspecified atom stereocenters. The minimum Gasteiger partial charge on any atom is -0.490 e. The first kappa shape index (κ1) is 24.3. The molecule has 178 valence electrons. The van der Waals surface area contributed by atoms with Gasteiger partial charge in [0, 0.05) is 38.2 Å². The number of carbonyl (C=O) groups is 2. The second-order valence-corrected chi connectivity index (χ2v) is 10.1. The van der Waals surface area contributed by atoms with Gasteiger partial charge in [0.25, 0.3) is 0 Å². The topological polar surface area (TPSA) is 107 Å². The Balaban J connectivity index is 1.87. The van der Waals surface area contributed by atoms with E-state index in [1.165, 1.54) is 0 Å². The normalized spacial score (nSPS) is 28.2. The summed E-state index contributed by atoms with van der Waals surface area (Å²) in [7, 11) is 0. The molecule has 2 atom stereocenters. The second kappa shape index (κ2) is 9.65. The summed E-state index contributed by atoms with van der Waals surface area (Å²) in [6.07, 6.45) is 5.43. The number of ether oxygens (including phenoxy) is 3. The van der Waals surface area contributed by atoms with Gasteiger partial charge in [-0.15, -0.1) is 0 Å². The van der Waals surface area contributed by atoms with Crippen LogP contribution in [0, 0.1) is 11.8 Å². The zero-order valence-electron chi connectivity index (χ0n) is 19.7. The zero-order valence-corrected chi connectivity index (χ0v) is 19.7. The van der Waals surface area contributed by atoms with E-state index in [2.05, 4.69) is 17.2 Å². The van der Waals surface area contributed by atoms with E-state index in [0.29, 0.717) is 17.9 Å². The lowest BCUT2D eigenvalue weighted by molar-refractivity contribution is -0.170. The van der Waals surface area contributed by atoms with Crippen LogP contribution in [-0.4, -0.2) is 45.7 Å². The molecule has 0 bridgehead atoms. The van der Waals surface area contributed by atoms with Gasteiger partial charge in [-0.1, -0.05) is 20.8 Å². The third-order valence-corrected chi connectivity index (χ3v) is 6.18. The molecule has 2 aliphatic rings. The summed E-state index contributed by atoms with van der Waals surface area (Å²) in [6.45, 7) is 9.50. The van der Waals surface area contributed by atoms with Crippen molar-refractivity contribution in [3.05, 3.63) is 24.0 Å². The van der Waals surface area contributed by atoms with E-state index >= 15 is 0 Å². The molecule has 1 aliphatic carbocycles. The molecule has 8 nitrogen and oxygen atoms in total. The number of carbonyl (C=O) groups excluding carboxylic acids is 1. The maximum atomic E-state index is 13.1. The maximum Gasteiger partial charge on any atom is 0.404 e. The van der Waals surface area contributed by atoms with Crippen LogP contribution in [0.4, 0.5) is 4.79 Å². The van der Waals surface area contributed by atoms with Crippen LogP contribution in [0.5, 0.6) is 5.75 Å². The van der Waals surface area contributed by atoms with Crippen LogP contribution >= 0.6 is 0 Å². The Hall–Kier alpha value is -2.35. The summed E-state index contributed by atoms with van der Waals surface area (Å²) < 4.78 is 17.8. The number of nitrogens with zero attached hydrogens (tertiary/aromatic N) is 1. The lowest BCUT2D eigenvalue weighted by Gasteiger charge is -2.35. The summed E-state index contributed by atoms with van der Waals surface area (Å²) in [5, 5.41) is 11.9. The number of esters is 1. The van der Waals surface area contributed by atoms with Crippen molar-refractivity contribution >= 4 is 12.1 Å². The molecular formula is C24H36N2O6. The van der Waals surface area contributed by atoms with E-state index in [0.717, 1.165) is 31.6 Å². The van der Waals surface area contributed by atoms with Gasteiger partial charge in [0.05, 0.1) is 12.1 Å². The second-order valence-electron chi connectivity index (χ2n) is 10.1. The fourth-order valence-corrected chi connectivity index (χ4v) is 4.68. The van der Waals surface area contributed by atoms with Crippen molar-refractivity contribution in [2.24, 2.45) is 11.8 Å². The van der Waals surface area contributed by atoms with Crippen LogP contribution in [-0.2, 0) is 20.7 Å². The monoisotopic (exact) mass is 448 g/mol. The van der Waals surface area contributed by atoms with E-state index in [1.807, 2.05) is 26.0 Å². The molecule has 1 saturated heterocycles. The number of aromatic nitrogens is 1. The van der Waals surface area contributed by atoms with Gasteiger partial charge < -0.3 is 24.6 Å². The largest absolute Gasteiger partial charge is 0.490 e. The average molecular weight is 449 g/mol. The third-order valence-electron chi connectivity index (χ3n) is 6.18. The van der Waals surface area contributed by atoms with Gasteiger partial charge >= 0.3 is 12.1 Å². The number of hydrogen-bond donors (Lipinski definition) is 2. The van der Waals surface area contributed by atoms with E-state index in [4.69, 9.17) is 14.2 Å². The van der Waals surface area contributed by atoms with Crippen LogP contribution in [0.1, 0.15) is 72.4 Å². The van der Waals surface area contributed by atoms with Crippen molar-refractivity contribution in [3.8, 4) is 5.75 Å². The number of amides is 1. The molecule has 8 heteroatoms. The van der Waals surface area contributed by atoms with Crippen molar-refractivity contribution in [3.63, 3.8) is 0 Å². The number of pyridine rings is 1. The summed E-state index contributed by atoms with van der Waals surface area (Å²) >= 11 is 0. The van der Waals surface area contributed by atoms with Gasteiger partial charge in [-0.2, -0.15) is 0 Å². The Morgan fingerprint density at radius 1 is 1.31 bits per heavy atom. The lowest BCUT2D eigenvalue weighted by atomic mass is 9.84. The van der Waals surface area contributed by atoms with Crippen LogP contribution in [0.25, 0.3) is 0 Å². The first-order valence-electron chi connectivity index (χ1n) is 11.5. The standard InChI is InChI=1S/C24H36N2O6/c1-15(2)12-20(26-22(28)29)24(21(27)31-23(4,5)32-24)14-17-13-19(10-11-25-17)30-18-8-6-16(3)7-9-18/h10-11,13,15-16,18,20,26H,6-9,12,14H2,1-5H3,(H,28,29)/t16-,18-,20-,24-/m0/s1. The highest BCUT2D eigenvalue weighted by molar-refractivity contribution is 5.84. The Kier molecular flexibility index (Phi) is 7.32. The highest BCUT2D eigenvalue weighted by Gasteiger charge is 2.59. The summed E-state index contributed by atoms with van der Waals surface area (Å²) in [6, 6.07) is 2.84. The number of nitrogens with one attached hydrogen (secondary N) is 1. The Labute approximate surface area is 190 Å². The van der Waals surface area contributed by atoms with Crippen LogP contribution < -0.4 is 10.1 Å². The van der Waals surface area contributed by atoms with Gasteiger partial charge in [-0.05, 0) is 50.0 Å². The molecular weight excluding hydrogens is 412 g/mol. The smallest absolute Gasteiger partial charge is 0.404 e. The Morgan fingerprint density at radius 2 is 2.00 bits per heavy atom. The molecule has 1 aliphatic heterocycles. The maximum absolute atomic E-state index is 13.1. The first-order valence-corrected chi connectivity index (χ1v) is 11.5. The van der Waals surface area contributed by atoms with Gasteiger partial charge in [-0.25, -0.2) is 9.59 Å². The predicted molar refractivity (Wildman–Crippen MR) is 118 cm³/mol. The number of carboxylic acid groups (broad SMARTS) is 1. The van der Waals surface area contributed by atoms with Gasteiger partial charge in [0.2, 0.25) is 5.79 Å². The predicted octanol–water partition coefficient (Wildman–Crippen LogP) is 4.31. The average Bonchev–Trinajstić information content (AvgIpc) is 2.91. The molecule has 1 amide bonds. The highest BCUT2D eigenvalue weighted by Crippen LogP contribution is 2.39. The van der Waals surface area contributed by atoms with Crippen LogP contribution in [0.3, 0.4) is 0 Å². The number of hydrogen-bond acceptors (Lipinski definition) is 6. The Bertz CT molecular complexity index is 818. The molecule has 3 rings (SSSR count). The molecule has 0 aromatic carbocycles. The highest BCUT2D eigenvalue weighted by atomic mass is 16.8. The van der Waals surface area contributed by atoms with Crippen molar-refractivity contribution < 1.29 is 28.9 Å². The van der Waals surface area contributed by atoms with E-state index in [-0.39, 0.29) is 18.4 Å². The summed E-state index contributed by atoms with van der Waals surface area (Å²) in [4.78, 5) is 29.1. The van der Waals surface area contributed by atoms with Gasteiger partial charge in [0.15, 0.2) is 5.60 Å². The van der Waals surface area contributed by atoms with E-state index < -0.39 is 29.5 Å². The molecule has 2 heterocycles. The fourth-order valence-electron chi connectivity index (χ4n) is 4.68.